The van der Waals surface area contributed by atoms with Crippen molar-refractivity contribution in [1.82, 2.24) is 15.2 Å². The van der Waals surface area contributed by atoms with Crippen molar-refractivity contribution in [3.63, 3.8) is 0 Å². The zero-order chi connectivity index (χ0) is 15.4. The highest BCUT2D eigenvalue weighted by molar-refractivity contribution is 7.14. The van der Waals surface area contributed by atoms with Gasteiger partial charge >= 0.3 is 0 Å². The van der Waals surface area contributed by atoms with Crippen molar-refractivity contribution in [2.75, 3.05) is 10.6 Å². The van der Waals surface area contributed by atoms with E-state index in [0.717, 1.165) is 5.69 Å². The number of nitrogens with zero attached hydrogens (tertiary/aromatic N) is 3. The lowest BCUT2D eigenvalue weighted by Crippen LogP contribution is -2.13. The van der Waals surface area contributed by atoms with Gasteiger partial charge in [0.2, 0.25) is 0 Å². The highest BCUT2D eigenvalue weighted by Crippen LogP contribution is 2.21. The molecule has 0 saturated carbocycles. The van der Waals surface area contributed by atoms with Crippen LogP contribution in [0.4, 0.5) is 16.6 Å². The average molecular weight is 310 g/mol. The molecule has 0 aliphatic rings. The predicted molar refractivity (Wildman–Crippen MR) is 83.1 cm³/mol. The lowest BCUT2D eigenvalue weighted by molar-refractivity contribution is 0.102. The van der Waals surface area contributed by atoms with Crippen LogP contribution in [0.5, 0.6) is 0 Å². The molecule has 3 rings (SSSR count). The molecule has 3 N–H and O–H groups in total. The second-order valence-corrected chi connectivity index (χ2v) is 5.10. The molecule has 7 nitrogen and oxygen atoms in total. The fourth-order valence-corrected chi connectivity index (χ4v) is 2.43. The zero-order valence-electron chi connectivity index (χ0n) is 11.2. The molecule has 2 aromatic heterocycles. The normalized spacial score (nSPS) is 9.95. The van der Waals surface area contributed by atoms with Crippen molar-refractivity contribution in [3.05, 3.63) is 53.2 Å². The number of nitrogens with one attached hydrogen (secondary N) is 3. The molecule has 0 spiro atoms. The molecule has 8 heteroatoms. The van der Waals surface area contributed by atoms with E-state index < -0.39 is 5.91 Å². The third kappa shape index (κ3) is 2.94. The van der Waals surface area contributed by atoms with Gasteiger partial charge < -0.3 is 10.6 Å². The van der Waals surface area contributed by atoms with Crippen LogP contribution in [0.2, 0.25) is 0 Å². The number of aromatic nitrogens is 3. The van der Waals surface area contributed by atoms with Crippen LogP contribution in [0, 0.1) is 11.3 Å². The third-order valence-electron chi connectivity index (χ3n) is 2.75. The molecule has 22 heavy (non-hydrogen) atoms. The smallest absolute Gasteiger partial charge is 0.276 e. The summed E-state index contributed by atoms with van der Waals surface area (Å²) in [4.78, 5) is 16.3. The molecule has 0 aliphatic heterocycles. The van der Waals surface area contributed by atoms with Gasteiger partial charge in [-0.3, -0.25) is 9.89 Å². The number of anilines is 3. The number of carbonyl (C=O) groups excluding carboxylic acids is 1. The number of rotatable bonds is 4. The van der Waals surface area contributed by atoms with E-state index in [2.05, 4.69) is 25.8 Å². The van der Waals surface area contributed by atoms with Gasteiger partial charge in [-0.25, -0.2) is 4.98 Å². The van der Waals surface area contributed by atoms with Gasteiger partial charge in [-0.2, -0.15) is 10.4 Å². The maximum atomic E-state index is 12.1. The average Bonchev–Trinajstić information content (AvgIpc) is 3.17. The number of hydrogen-bond acceptors (Lipinski definition) is 6. The maximum absolute atomic E-state index is 12.1. The van der Waals surface area contributed by atoms with Crippen molar-refractivity contribution in [3.8, 4) is 6.07 Å². The molecule has 1 amide bonds. The fraction of sp³-hybridized carbons (Fsp3) is 0. The molecule has 0 unspecified atom stereocenters. The first kappa shape index (κ1) is 13.8. The Morgan fingerprint density at radius 2 is 2.14 bits per heavy atom. The lowest BCUT2D eigenvalue weighted by Gasteiger charge is -2.01. The van der Waals surface area contributed by atoms with Crippen LogP contribution in [0.25, 0.3) is 0 Å². The molecule has 0 bridgehead atoms. The topological polar surface area (TPSA) is 106 Å². The number of H-pyrrole nitrogens is 1. The summed E-state index contributed by atoms with van der Waals surface area (Å²) in [5.74, 6) is -0.223. The van der Waals surface area contributed by atoms with Crippen molar-refractivity contribution in [1.29, 1.82) is 5.26 Å². The van der Waals surface area contributed by atoms with Crippen molar-refractivity contribution < 1.29 is 4.79 Å². The first-order chi connectivity index (χ1) is 10.8. The predicted octanol–water partition coefficient (Wildman–Crippen LogP) is 2.73. The summed E-state index contributed by atoms with van der Waals surface area (Å²) in [6.07, 6.45) is 1.42. The highest BCUT2D eigenvalue weighted by atomic mass is 32.1. The van der Waals surface area contributed by atoms with Gasteiger partial charge in [0, 0.05) is 17.3 Å². The van der Waals surface area contributed by atoms with Gasteiger partial charge in [-0.1, -0.05) is 18.2 Å². The number of thiazole rings is 1. The summed E-state index contributed by atoms with van der Waals surface area (Å²) >= 11 is 1.32. The van der Waals surface area contributed by atoms with E-state index in [1.54, 1.807) is 5.38 Å². The first-order valence-electron chi connectivity index (χ1n) is 6.29. The Morgan fingerprint density at radius 3 is 2.91 bits per heavy atom. The SMILES string of the molecule is N#Cc1c[nH]nc1NC(=O)c1csc(Nc2ccccc2)n1. The molecular weight excluding hydrogens is 300 g/mol. The quantitative estimate of drug-likeness (QED) is 0.687. The molecule has 2 heterocycles. The zero-order valence-corrected chi connectivity index (χ0v) is 12.0. The van der Waals surface area contributed by atoms with Gasteiger partial charge in [0.05, 0.1) is 0 Å². The van der Waals surface area contributed by atoms with Crippen molar-refractivity contribution in [2.45, 2.75) is 0 Å². The van der Waals surface area contributed by atoms with Crippen LogP contribution >= 0.6 is 11.3 Å². The summed E-state index contributed by atoms with van der Waals surface area (Å²) in [6, 6.07) is 11.5. The molecule has 3 aromatic rings. The summed E-state index contributed by atoms with van der Waals surface area (Å²) in [6.45, 7) is 0. The van der Waals surface area contributed by atoms with Crippen LogP contribution in [0.1, 0.15) is 16.1 Å². The van der Waals surface area contributed by atoms with E-state index >= 15 is 0 Å². The summed E-state index contributed by atoms with van der Waals surface area (Å²) in [7, 11) is 0. The molecule has 108 valence electrons. The van der Waals surface area contributed by atoms with Crippen molar-refractivity contribution in [2.24, 2.45) is 0 Å². The van der Waals surface area contributed by atoms with E-state index in [-0.39, 0.29) is 17.1 Å². The number of para-hydroxylation sites is 1. The van der Waals surface area contributed by atoms with Gasteiger partial charge in [0.25, 0.3) is 5.91 Å². The molecule has 0 aliphatic carbocycles. The minimum absolute atomic E-state index is 0.193. The molecule has 0 atom stereocenters. The van der Waals surface area contributed by atoms with Crippen molar-refractivity contribution >= 4 is 33.9 Å². The fourth-order valence-electron chi connectivity index (χ4n) is 1.72. The van der Waals surface area contributed by atoms with Crippen LogP contribution < -0.4 is 10.6 Å². The van der Waals surface area contributed by atoms with Gasteiger partial charge in [-0.15, -0.1) is 11.3 Å². The second kappa shape index (κ2) is 6.07. The molecular formula is C14H10N6OS. The number of amides is 1. The highest BCUT2D eigenvalue weighted by Gasteiger charge is 2.14. The minimum atomic E-state index is -0.416. The summed E-state index contributed by atoms with van der Waals surface area (Å²) in [5.41, 5.74) is 1.42. The van der Waals surface area contributed by atoms with Gasteiger partial charge in [-0.05, 0) is 12.1 Å². The minimum Gasteiger partial charge on any atom is -0.332 e. The Balaban J connectivity index is 1.71. The Hall–Kier alpha value is -3.18. The van der Waals surface area contributed by atoms with Gasteiger partial charge in [0.15, 0.2) is 10.9 Å². The number of nitriles is 1. The second-order valence-electron chi connectivity index (χ2n) is 4.24. The van der Waals surface area contributed by atoms with Crippen LogP contribution in [-0.2, 0) is 0 Å². The number of carbonyl (C=O) groups is 1. The molecule has 0 saturated heterocycles. The number of benzene rings is 1. The van der Waals surface area contributed by atoms with Crippen LogP contribution in [-0.4, -0.2) is 21.1 Å². The largest absolute Gasteiger partial charge is 0.332 e. The Labute approximate surface area is 129 Å². The first-order valence-corrected chi connectivity index (χ1v) is 7.17. The maximum Gasteiger partial charge on any atom is 0.276 e. The molecule has 1 aromatic carbocycles. The van der Waals surface area contributed by atoms with Gasteiger partial charge in [0.1, 0.15) is 17.3 Å². The standard InChI is InChI=1S/C14H10N6OS/c15-6-9-7-16-20-12(9)19-13(21)11-8-22-14(18-11)17-10-4-2-1-3-5-10/h1-5,7-8H,(H,17,18)(H2,16,19,20,21). The van der Waals surface area contributed by atoms with E-state index in [1.165, 1.54) is 17.5 Å². The van der Waals surface area contributed by atoms with E-state index in [9.17, 15) is 4.79 Å². The monoisotopic (exact) mass is 310 g/mol. The number of hydrogen-bond donors (Lipinski definition) is 3. The van der Waals surface area contributed by atoms with Crippen LogP contribution in [0.15, 0.2) is 41.9 Å². The summed E-state index contributed by atoms with van der Waals surface area (Å²) < 4.78 is 0. The number of aromatic amines is 1. The Morgan fingerprint density at radius 1 is 1.32 bits per heavy atom. The van der Waals surface area contributed by atoms with E-state index in [0.29, 0.717) is 5.13 Å². The summed E-state index contributed by atoms with van der Waals surface area (Å²) in [5, 5.41) is 23.1. The molecule has 0 radical (unpaired) electrons. The Kier molecular flexibility index (Phi) is 3.80. The lowest BCUT2D eigenvalue weighted by atomic mass is 10.3. The van der Waals surface area contributed by atoms with Crippen LogP contribution in [0.3, 0.4) is 0 Å². The van der Waals surface area contributed by atoms with E-state index in [4.69, 9.17) is 5.26 Å². The molecule has 0 fully saturated rings. The Bertz CT molecular complexity index is 832. The third-order valence-corrected chi connectivity index (χ3v) is 3.51. The van der Waals surface area contributed by atoms with E-state index in [1.807, 2.05) is 36.4 Å².